The van der Waals surface area contributed by atoms with Gasteiger partial charge in [0.2, 0.25) is 0 Å². The molecule has 0 fully saturated rings. The van der Waals surface area contributed by atoms with Crippen molar-refractivity contribution >= 4 is 22.6 Å². The molecule has 0 atom stereocenters. The number of pyridine rings is 1. The average Bonchev–Trinajstić information content (AvgIpc) is 2.88. The van der Waals surface area contributed by atoms with Gasteiger partial charge in [-0.15, -0.1) is 0 Å². The quantitative estimate of drug-likeness (QED) is 0.796. The van der Waals surface area contributed by atoms with E-state index < -0.39 is 0 Å². The van der Waals surface area contributed by atoms with Crippen LogP contribution in [0.2, 0.25) is 0 Å². The summed E-state index contributed by atoms with van der Waals surface area (Å²) < 4.78 is 2.02. The molecular formula is C17H17N3O. The van der Waals surface area contributed by atoms with Crippen LogP contribution in [0.1, 0.15) is 23.0 Å². The average molecular weight is 279 g/mol. The van der Waals surface area contributed by atoms with Crippen molar-refractivity contribution in [3.8, 4) is 0 Å². The molecule has 1 amide bonds. The van der Waals surface area contributed by atoms with Gasteiger partial charge in [-0.1, -0.05) is 24.3 Å². The van der Waals surface area contributed by atoms with Gasteiger partial charge >= 0.3 is 0 Å². The highest BCUT2D eigenvalue weighted by Crippen LogP contribution is 2.21. The van der Waals surface area contributed by atoms with Gasteiger partial charge in [0.15, 0.2) is 0 Å². The first kappa shape index (κ1) is 13.4. The van der Waals surface area contributed by atoms with E-state index in [1.807, 2.05) is 60.9 Å². The number of nitrogens with one attached hydrogen (secondary N) is 1. The summed E-state index contributed by atoms with van der Waals surface area (Å²) in [5.41, 5.74) is 2.68. The molecule has 21 heavy (non-hydrogen) atoms. The summed E-state index contributed by atoms with van der Waals surface area (Å²) in [6, 6.07) is 13.7. The third kappa shape index (κ3) is 2.40. The second-order valence-electron chi connectivity index (χ2n) is 4.96. The van der Waals surface area contributed by atoms with Crippen molar-refractivity contribution in [2.75, 3.05) is 5.32 Å². The highest BCUT2D eigenvalue weighted by molar-refractivity contribution is 6.06. The van der Waals surface area contributed by atoms with Crippen molar-refractivity contribution in [1.82, 2.24) is 9.55 Å². The predicted molar refractivity (Wildman–Crippen MR) is 84.5 cm³/mol. The molecule has 0 unspecified atom stereocenters. The van der Waals surface area contributed by atoms with E-state index in [9.17, 15) is 4.79 Å². The Morgan fingerprint density at radius 2 is 2.05 bits per heavy atom. The molecule has 0 saturated carbocycles. The van der Waals surface area contributed by atoms with E-state index in [0.29, 0.717) is 11.5 Å². The maximum Gasteiger partial charge on any atom is 0.273 e. The minimum Gasteiger partial charge on any atom is -0.337 e. The van der Waals surface area contributed by atoms with Crippen molar-refractivity contribution in [3.63, 3.8) is 0 Å². The number of carbonyl (C=O) groups is 1. The topological polar surface area (TPSA) is 46.9 Å². The summed E-state index contributed by atoms with van der Waals surface area (Å²) in [5.74, 6) is 0.477. The number of hydrogen-bond donors (Lipinski definition) is 1. The molecule has 0 saturated heterocycles. The Bertz CT molecular complexity index is 805. The number of hydrogen-bond acceptors (Lipinski definition) is 2. The fourth-order valence-corrected chi connectivity index (χ4v) is 2.53. The minimum atomic E-state index is -0.130. The monoisotopic (exact) mass is 279 g/mol. The van der Waals surface area contributed by atoms with Crippen molar-refractivity contribution in [1.29, 1.82) is 0 Å². The Kier molecular flexibility index (Phi) is 3.44. The summed E-state index contributed by atoms with van der Waals surface area (Å²) in [6.45, 7) is 4.71. The van der Waals surface area contributed by atoms with E-state index in [2.05, 4.69) is 10.3 Å². The molecule has 0 spiro atoms. The molecule has 0 bridgehead atoms. The van der Waals surface area contributed by atoms with Crippen LogP contribution in [0.5, 0.6) is 0 Å². The molecule has 4 nitrogen and oxygen atoms in total. The standard InChI is InChI=1S/C17H17N3O/c1-3-20-14-9-5-4-8-13(14)11-15(20)17(21)19-16-12(2)7-6-10-18-16/h4-11H,3H2,1-2H3,(H,18,19,21). The van der Waals surface area contributed by atoms with Crippen LogP contribution in [-0.2, 0) is 6.54 Å². The van der Waals surface area contributed by atoms with Crippen LogP contribution in [0.25, 0.3) is 10.9 Å². The van der Waals surface area contributed by atoms with Gasteiger partial charge in [-0.3, -0.25) is 4.79 Å². The molecule has 0 aliphatic carbocycles. The van der Waals surface area contributed by atoms with Gasteiger partial charge < -0.3 is 9.88 Å². The van der Waals surface area contributed by atoms with Crippen LogP contribution in [0.3, 0.4) is 0 Å². The van der Waals surface area contributed by atoms with Crippen LogP contribution < -0.4 is 5.32 Å². The Labute approximate surface area is 123 Å². The first-order valence-corrected chi connectivity index (χ1v) is 7.02. The molecule has 3 rings (SSSR count). The van der Waals surface area contributed by atoms with Crippen LogP contribution in [-0.4, -0.2) is 15.5 Å². The van der Waals surface area contributed by atoms with Crippen molar-refractivity contribution in [3.05, 3.63) is 59.9 Å². The van der Waals surface area contributed by atoms with Gasteiger partial charge in [-0.05, 0) is 37.6 Å². The van der Waals surface area contributed by atoms with Gasteiger partial charge in [-0.2, -0.15) is 0 Å². The van der Waals surface area contributed by atoms with E-state index >= 15 is 0 Å². The maximum absolute atomic E-state index is 12.5. The Balaban J connectivity index is 2.00. The molecule has 0 aliphatic heterocycles. The van der Waals surface area contributed by atoms with Crippen molar-refractivity contribution < 1.29 is 4.79 Å². The minimum absolute atomic E-state index is 0.130. The van der Waals surface area contributed by atoms with Crippen molar-refractivity contribution in [2.45, 2.75) is 20.4 Å². The number of benzene rings is 1. The number of anilines is 1. The molecule has 0 radical (unpaired) electrons. The second kappa shape index (κ2) is 5.40. The zero-order valence-electron chi connectivity index (χ0n) is 12.1. The molecule has 1 aromatic carbocycles. The molecular weight excluding hydrogens is 262 g/mol. The fraction of sp³-hybridized carbons (Fsp3) is 0.176. The largest absolute Gasteiger partial charge is 0.337 e. The highest BCUT2D eigenvalue weighted by Gasteiger charge is 2.15. The number of nitrogens with zero attached hydrogens (tertiary/aromatic N) is 2. The zero-order valence-corrected chi connectivity index (χ0v) is 12.1. The lowest BCUT2D eigenvalue weighted by Crippen LogP contribution is -2.17. The molecule has 0 aliphatic rings. The number of aromatic nitrogens is 2. The molecule has 106 valence electrons. The molecule has 2 aromatic heterocycles. The molecule has 4 heteroatoms. The van der Waals surface area contributed by atoms with Crippen LogP contribution in [0.4, 0.5) is 5.82 Å². The predicted octanol–water partition coefficient (Wildman–Crippen LogP) is 3.62. The van der Waals surface area contributed by atoms with Gasteiger partial charge in [0.1, 0.15) is 11.5 Å². The highest BCUT2D eigenvalue weighted by atomic mass is 16.2. The normalized spacial score (nSPS) is 10.8. The number of para-hydroxylation sites is 1. The van der Waals surface area contributed by atoms with E-state index in [4.69, 9.17) is 0 Å². The zero-order chi connectivity index (χ0) is 14.8. The maximum atomic E-state index is 12.5. The SMILES string of the molecule is CCn1c(C(=O)Nc2ncccc2C)cc2ccccc21. The van der Waals surface area contributed by atoms with E-state index in [0.717, 1.165) is 23.0 Å². The summed E-state index contributed by atoms with van der Waals surface area (Å²) in [7, 11) is 0. The van der Waals surface area contributed by atoms with Crippen LogP contribution in [0.15, 0.2) is 48.7 Å². The fourth-order valence-electron chi connectivity index (χ4n) is 2.53. The first-order chi connectivity index (χ1) is 10.2. The van der Waals surface area contributed by atoms with Gasteiger partial charge in [0.25, 0.3) is 5.91 Å². The van der Waals surface area contributed by atoms with E-state index in [-0.39, 0.29) is 5.91 Å². The molecule has 1 N–H and O–H groups in total. The smallest absolute Gasteiger partial charge is 0.273 e. The number of fused-ring (bicyclic) bond motifs is 1. The van der Waals surface area contributed by atoms with Gasteiger partial charge in [-0.25, -0.2) is 4.98 Å². The summed E-state index contributed by atoms with van der Waals surface area (Å²) in [5, 5.41) is 3.96. The number of rotatable bonds is 3. The Morgan fingerprint density at radius 3 is 2.81 bits per heavy atom. The van der Waals surface area contributed by atoms with Crippen LogP contribution in [0, 0.1) is 6.92 Å². The summed E-state index contributed by atoms with van der Waals surface area (Å²) in [4.78, 5) is 16.8. The second-order valence-corrected chi connectivity index (χ2v) is 4.96. The number of carbonyl (C=O) groups excluding carboxylic acids is 1. The van der Waals surface area contributed by atoms with E-state index in [1.54, 1.807) is 6.20 Å². The van der Waals surface area contributed by atoms with Gasteiger partial charge in [0.05, 0.1) is 0 Å². The van der Waals surface area contributed by atoms with Crippen LogP contribution >= 0.6 is 0 Å². The lowest BCUT2D eigenvalue weighted by Gasteiger charge is -2.09. The number of aryl methyl sites for hydroxylation is 2. The summed E-state index contributed by atoms with van der Waals surface area (Å²) >= 11 is 0. The third-order valence-corrected chi connectivity index (χ3v) is 3.60. The Morgan fingerprint density at radius 1 is 1.24 bits per heavy atom. The molecule has 3 aromatic rings. The van der Waals surface area contributed by atoms with Gasteiger partial charge in [0, 0.05) is 23.6 Å². The third-order valence-electron chi connectivity index (χ3n) is 3.60. The number of amides is 1. The summed E-state index contributed by atoms with van der Waals surface area (Å²) in [6.07, 6.45) is 1.68. The van der Waals surface area contributed by atoms with Crippen molar-refractivity contribution in [2.24, 2.45) is 0 Å². The van der Waals surface area contributed by atoms with E-state index in [1.165, 1.54) is 0 Å². The first-order valence-electron chi connectivity index (χ1n) is 7.02. The molecule has 2 heterocycles. The lowest BCUT2D eigenvalue weighted by atomic mass is 10.2. The lowest BCUT2D eigenvalue weighted by molar-refractivity contribution is 0.101. The Hall–Kier alpha value is -2.62.